The molecule has 0 unspecified atom stereocenters. The maximum Gasteiger partial charge on any atom is 0.320 e. The normalized spacial score (nSPS) is 10.1. The second-order valence-electron chi connectivity index (χ2n) is 2.79. The molecule has 0 fully saturated rings. The fraction of sp³-hybridized carbons (Fsp3) is 0.222. The average Bonchev–Trinajstić information content (AvgIpc) is 2.23. The van der Waals surface area contributed by atoms with Crippen molar-refractivity contribution >= 4 is 34.9 Å². The predicted octanol–water partition coefficient (Wildman–Crippen LogP) is 1.58. The molecule has 4 N–H and O–H groups in total. The molecule has 0 aliphatic rings. The van der Waals surface area contributed by atoms with Gasteiger partial charge in [-0.05, 0) is 12.1 Å². The van der Waals surface area contributed by atoms with Crippen LogP contribution in [0, 0.1) is 0 Å². The lowest BCUT2D eigenvalue weighted by molar-refractivity contribution is -0.143. The van der Waals surface area contributed by atoms with E-state index in [9.17, 15) is 4.79 Å². The highest BCUT2D eigenvalue weighted by molar-refractivity contribution is 6.42. The van der Waals surface area contributed by atoms with Crippen LogP contribution in [0.25, 0.3) is 0 Å². The van der Waals surface area contributed by atoms with Crippen LogP contribution < -0.4 is 11.5 Å². The van der Waals surface area contributed by atoms with Gasteiger partial charge in [0.05, 0.1) is 16.6 Å². The van der Waals surface area contributed by atoms with Gasteiger partial charge in [0.25, 0.3) is 0 Å². The molecule has 0 atom stereocenters. The Hall–Kier alpha value is -0.970. The van der Waals surface area contributed by atoms with Crippen LogP contribution in [0.1, 0.15) is 5.56 Å². The first-order valence-electron chi connectivity index (χ1n) is 4.14. The van der Waals surface area contributed by atoms with Crippen LogP contribution in [0.5, 0.6) is 0 Å². The van der Waals surface area contributed by atoms with Crippen molar-refractivity contribution in [1.29, 1.82) is 0 Å². The van der Waals surface area contributed by atoms with Crippen molar-refractivity contribution in [3.63, 3.8) is 0 Å². The van der Waals surface area contributed by atoms with E-state index in [0.717, 1.165) is 0 Å². The van der Waals surface area contributed by atoms with E-state index >= 15 is 0 Å². The first-order chi connectivity index (χ1) is 7.06. The van der Waals surface area contributed by atoms with E-state index in [0.29, 0.717) is 21.3 Å². The van der Waals surface area contributed by atoms with Crippen LogP contribution in [0.2, 0.25) is 10.0 Å². The van der Waals surface area contributed by atoms with E-state index in [1.54, 1.807) is 12.1 Å². The first kappa shape index (κ1) is 12.1. The van der Waals surface area contributed by atoms with Gasteiger partial charge < -0.3 is 16.2 Å². The van der Waals surface area contributed by atoms with Crippen molar-refractivity contribution in [3.8, 4) is 0 Å². The summed E-state index contributed by atoms with van der Waals surface area (Å²) in [6.45, 7) is -0.209. The number of rotatable bonds is 3. The largest absolute Gasteiger partial charge is 0.460 e. The predicted molar refractivity (Wildman–Crippen MR) is 59.7 cm³/mol. The summed E-state index contributed by atoms with van der Waals surface area (Å²) in [4.78, 5) is 10.8. The number of nitrogens with two attached hydrogens (primary N) is 2. The maximum absolute atomic E-state index is 10.8. The summed E-state index contributed by atoms with van der Waals surface area (Å²) >= 11 is 11.7. The van der Waals surface area contributed by atoms with Gasteiger partial charge in [-0.3, -0.25) is 4.79 Å². The Kier molecular flexibility index (Phi) is 4.20. The van der Waals surface area contributed by atoms with Crippen molar-refractivity contribution in [2.24, 2.45) is 5.73 Å². The molecule has 0 radical (unpaired) electrons. The Morgan fingerprint density at radius 1 is 1.40 bits per heavy atom. The first-order valence-corrected chi connectivity index (χ1v) is 4.90. The van der Waals surface area contributed by atoms with Gasteiger partial charge in [-0.2, -0.15) is 0 Å². The molecule has 0 spiro atoms. The summed E-state index contributed by atoms with van der Waals surface area (Å²) in [6.07, 6.45) is 0. The van der Waals surface area contributed by atoms with Crippen molar-refractivity contribution in [2.45, 2.75) is 6.61 Å². The van der Waals surface area contributed by atoms with Crippen molar-refractivity contribution in [2.75, 3.05) is 12.3 Å². The molecule has 0 aliphatic heterocycles. The lowest BCUT2D eigenvalue weighted by Crippen LogP contribution is -2.17. The molecule has 4 nitrogen and oxygen atoms in total. The van der Waals surface area contributed by atoms with E-state index in [4.69, 9.17) is 39.4 Å². The SMILES string of the molecule is NCC(=O)OCc1c(N)ccc(Cl)c1Cl. The third kappa shape index (κ3) is 2.99. The van der Waals surface area contributed by atoms with E-state index < -0.39 is 5.97 Å². The molecular formula is C9H10Cl2N2O2. The Bertz CT molecular complexity index is 383. The van der Waals surface area contributed by atoms with Gasteiger partial charge in [-0.25, -0.2) is 0 Å². The molecule has 0 heterocycles. The Morgan fingerprint density at radius 3 is 2.67 bits per heavy atom. The van der Waals surface area contributed by atoms with E-state index in [-0.39, 0.29) is 13.2 Å². The highest BCUT2D eigenvalue weighted by Gasteiger charge is 2.10. The number of benzene rings is 1. The molecule has 0 amide bonds. The van der Waals surface area contributed by atoms with Crippen molar-refractivity contribution in [1.82, 2.24) is 0 Å². The summed E-state index contributed by atoms with van der Waals surface area (Å²) in [7, 11) is 0. The van der Waals surface area contributed by atoms with Crippen LogP contribution in [0.15, 0.2) is 12.1 Å². The van der Waals surface area contributed by atoms with Crippen molar-refractivity contribution in [3.05, 3.63) is 27.7 Å². The second kappa shape index (κ2) is 5.21. The zero-order valence-corrected chi connectivity index (χ0v) is 9.31. The Labute approximate surface area is 97.1 Å². The Morgan fingerprint density at radius 2 is 2.07 bits per heavy atom. The van der Waals surface area contributed by atoms with Crippen LogP contribution in [-0.2, 0) is 16.1 Å². The fourth-order valence-electron chi connectivity index (χ4n) is 0.966. The Balaban J connectivity index is 2.84. The molecule has 1 aromatic rings. The maximum atomic E-state index is 10.8. The summed E-state index contributed by atoms with van der Waals surface area (Å²) in [5, 5.41) is 0.658. The van der Waals surface area contributed by atoms with Gasteiger partial charge in [0.15, 0.2) is 0 Å². The fourth-order valence-corrected chi connectivity index (χ4v) is 1.37. The van der Waals surface area contributed by atoms with E-state index in [1.165, 1.54) is 0 Å². The van der Waals surface area contributed by atoms with Crippen LogP contribution in [0.4, 0.5) is 5.69 Å². The molecule has 1 rings (SSSR count). The molecule has 0 saturated carbocycles. The lowest BCUT2D eigenvalue weighted by atomic mass is 10.2. The molecule has 82 valence electrons. The molecular weight excluding hydrogens is 239 g/mol. The molecule has 0 aromatic heterocycles. The minimum Gasteiger partial charge on any atom is -0.460 e. The molecule has 6 heteroatoms. The van der Waals surface area contributed by atoms with Gasteiger partial charge >= 0.3 is 5.97 Å². The number of esters is 1. The average molecular weight is 249 g/mol. The van der Waals surface area contributed by atoms with Gasteiger partial charge in [0.1, 0.15) is 6.61 Å². The number of anilines is 1. The van der Waals surface area contributed by atoms with Gasteiger partial charge in [-0.1, -0.05) is 23.2 Å². The minimum atomic E-state index is -0.523. The smallest absolute Gasteiger partial charge is 0.320 e. The van der Waals surface area contributed by atoms with Gasteiger partial charge in [0, 0.05) is 11.3 Å². The topological polar surface area (TPSA) is 78.3 Å². The summed E-state index contributed by atoms with van der Waals surface area (Å²) in [6, 6.07) is 3.17. The highest BCUT2D eigenvalue weighted by atomic mass is 35.5. The molecule has 1 aromatic carbocycles. The van der Waals surface area contributed by atoms with E-state index in [1.807, 2.05) is 0 Å². The molecule has 0 aliphatic carbocycles. The zero-order valence-electron chi connectivity index (χ0n) is 7.80. The third-order valence-corrected chi connectivity index (χ3v) is 2.62. The van der Waals surface area contributed by atoms with Crippen LogP contribution in [0.3, 0.4) is 0 Å². The lowest BCUT2D eigenvalue weighted by Gasteiger charge is -2.09. The summed E-state index contributed by atoms with van der Waals surface area (Å²) in [5.74, 6) is -0.523. The monoisotopic (exact) mass is 248 g/mol. The molecule has 0 saturated heterocycles. The number of hydrogen-bond donors (Lipinski definition) is 2. The minimum absolute atomic E-state index is 0.0265. The van der Waals surface area contributed by atoms with E-state index in [2.05, 4.69) is 0 Å². The summed E-state index contributed by atoms with van der Waals surface area (Å²) < 4.78 is 4.81. The summed E-state index contributed by atoms with van der Waals surface area (Å²) in [5.41, 5.74) is 11.6. The van der Waals surface area contributed by atoms with Crippen molar-refractivity contribution < 1.29 is 9.53 Å². The number of halogens is 2. The van der Waals surface area contributed by atoms with Gasteiger partial charge in [-0.15, -0.1) is 0 Å². The highest BCUT2D eigenvalue weighted by Crippen LogP contribution is 2.30. The third-order valence-electron chi connectivity index (χ3n) is 1.78. The number of nitrogen functional groups attached to an aromatic ring is 1. The van der Waals surface area contributed by atoms with Crippen LogP contribution in [-0.4, -0.2) is 12.5 Å². The van der Waals surface area contributed by atoms with Crippen LogP contribution >= 0.6 is 23.2 Å². The number of carbonyl (C=O) groups is 1. The van der Waals surface area contributed by atoms with Gasteiger partial charge in [0.2, 0.25) is 0 Å². The zero-order chi connectivity index (χ0) is 11.4. The number of hydrogen-bond acceptors (Lipinski definition) is 4. The number of carbonyl (C=O) groups excluding carboxylic acids is 1. The molecule has 0 bridgehead atoms. The second-order valence-corrected chi connectivity index (χ2v) is 3.58. The molecule has 15 heavy (non-hydrogen) atoms. The number of ether oxygens (including phenoxy) is 1. The quantitative estimate of drug-likeness (QED) is 0.629. The standard InChI is InChI=1S/C9H10Cl2N2O2/c10-6-1-2-7(13)5(9(6)11)4-15-8(14)3-12/h1-2H,3-4,12-13H2.